The molecule has 4 rings (SSSR count). The highest BCUT2D eigenvalue weighted by Gasteiger charge is 2.26. The van der Waals surface area contributed by atoms with Crippen LogP contribution in [0.4, 0.5) is 5.69 Å². The Labute approximate surface area is 213 Å². The Hall–Kier alpha value is -3.42. The van der Waals surface area contributed by atoms with Crippen LogP contribution < -0.4 is 25.1 Å². The number of anilines is 1. The van der Waals surface area contributed by atoms with Crippen molar-refractivity contribution in [1.29, 1.82) is 0 Å². The second-order valence-electron chi connectivity index (χ2n) is 10.0. The highest BCUT2D eigenvalue weighted by molar-refractivity contribution is 5.76. The molecule has 0 spiro atoms. The summed E-state index contributed by atoms with van der Waals surface area (Å²) in [4.78, 5) is 13.5. The third-order valence-electron chi connectivity index (χ3n) is 6.97. The van der Waals surface area contributed by atoms with Gasteiger partial charge >= 0.3 is 0 Å². The van der Waals surface area contributed by atoms with Crippen LogP contribution in [0.15, 0.2) is 41.6 Å². The van der Waals surface area contributed by atoms with Crippen LogP contribution in [-0.2, 0) is 13.6 Å². The van der Waals surface area contributed by atoms with Crippen molar-refractivity contribution in [2.45, 2.75) is 58.0 Å². The summed E-state index contributed by atoms with van der Waals surface area (Å²) in [6.07, 6.45) is 9.62. The van der Waals surface area contributed by atoms with Gasteiger partial charge in [-0.25, -0.2) is 0 Å². The van der Waals surface area contributed by atoms with Gasteiger partial charge in [-0.15, -0.1) is 0 Å². The maximum atomic E-state index is 13.5. The largest absolute Gasteiger partial charge is 0.494 e. The second kappa shape index (κ2) is 11.1. The van der Waals surface area contributed by atoms with Crippen molar-refractivity contribution >= 4 is 5.69 Å². The van der Waals surface area contributed by atoms with Gasteiger partial charge in [0.15, 0.2) is 17.2 Å². The fourth-order valence-corrected chi connectivity index (χ4v) is 5.16. The molecule has 0 amide bonds. The van der Waals surface area contributed by atoms with Crippen molar-refractivity contribution in [3.8, 4) is 28.4 Å². The van der Waals surface area contributed by atoms with E-state index in [1.807, 2.05) is 25.5 Å². The maximum absolute atomic E-state index is 13.5. The first kappa shape index (κ1) is 25.7. The summed E-state index contributed by atoms with van der Waals surface area (Å²) in [6, 6.07) is 6.39. The molecular formula is C28H38N4O4. The standard InChI is InChI=1S/C28H38N4O4/c1-18(2)15-32-17-23(21-14-29-31(3)16-21)27(36-6)26(28(32)33)30-22-10-7-19(8-11-22)20-9-12-24(34-4)25(13-20)35-5/h9,12-14,16-19,22,30H,7-8,10-11,15H2,1-6H3/t19-,22+. The molecule has 1 aromatic carbocycles. The van der Waals surface area contributed by atoms with E-state index >= 15 is 0 Å². The molecule has 8 heteroatoms. The van der Waals surface area contributed by atoms with Crippen LogP contribution in [0, 0.1) is 5.92 Å². The van der Waals surface area contributed by atoms with Crippen LogP contribution >= 0.6 is 0 Å². The summed E-state index contributed by atoms with van der Waals surface area (Å²) < 4.78 is 20.3. The number of hydrogen-bond acceptors (Lipinski definition) is 6. The highest BCUT2D eigenvalue weighted by Crippen LogP contribution is 2.39. The number of aryl methyl sites for hydroxylation is 1. The molecule has 1 fully saturated rings. The van der Waals surface area contributed by atoms with E-state index in [-0.39, 0.29) is 11.6 Å². The first-order valence-corrected chi connectivity index (χ1v) is 12.6. The summed E-state index contributed by atoms with van der Waals surface area (Å²) in [6.45, 7) is 4.86. The molecule has 36 heavy (non-hydrogen) atoms. The lowest BCUT2D eigenvalue weighted by atomic mass is 9.81. The molecule has 1 N–H and O–H groups in total. The van der Waals surface area contributed by atoms with E-state index in [2.05, 4.69) is 36.4 Å². The molecule has 194 valence electrons. The Bertz CT molecular complexity index is 1240. The van der Waals surface area contributed by atoms with Gasteiger partial charge in [-0.2, -0.15) is 5.10 Å². The van der Waals surface area contributed by atoms with Gasteiger partial charge in [0.25, 0.3) is 5.56 Å². The zero-order valence-corrected chi connectivity index (χ0v) is 22.2. The number of methoxy groups -OCH3 is 3. The monoisotopic (exact) mass is 494 g/mol. The van der Waals surface area contributed by atoms with Crippen LogP contribution in [0.25, 0.3) is 11.1 Å². The molecule has 2 aromatic heterocycles. The molecule has 2 heterocycles. The van der Waals surface area contributed by atoms with E-state index in [4.69, 9.17) is 14.2 Å². The van der Waals surface area contributed by atoms with Crippen LogP contribution in [0.3, 0.4) is 0 Å². The Morgan fingerprint density at radius 2 is 1.75 bits per heavy atom. The third kappa shape index (κ3) is 5.37. The number of nitrogens with one attached hydrogen (secondary N) is 1. The Morgan fingerprint density at radius 3 is 2.33 bits per heavy atom. The normalized spacial score (nSPS) is 17.8. The average molecular weight is 495 g/mol. The van der Waals surface area contributed by atoms with Gasteiger partial charge in [-0.3, -0.25) is 9.48 Å². The van der Waals surface area contributed by atoms with Gasteiger partial charge in [-0.05, 0) is 55.2 Å². The molecule has 0 atom stereocenters. The topological polar surface area (TPSA) is 79.5 Å². The molecule has 8 nitrogen and oxygen atoms in total. The van der Waals surface area contributed by atoms with E-state index in [1.54, 1.807) is 36.8 Å². The van der Waals surface area contributed by atoms with Crippen LogP contribution in [0.5, 0.6) is 17.2 Å². The lowest BCUT2D eigenvalue weighted by molar-refractivity contribution is 0.352. The minimum atomic E-state index is -0.0461. The lowest BCUT2D eigenvalue weighted by Crippen LogP contribution is -2.32. The van der Waals surface area contributed by atoms with Crippen LogP contribution in [-0.4, -0.2) is 41.7 Å². The summed E-state index contributed by atoms with van der Waals surface area (Å²) in [5.41, 5.74) is 3.55. The van der Waals surface area contributed by atoms with Crippen molar-refractivity contribution < 1.29 is 14.2 Å². The maximum Gasteiger partial charge on any atom is 0.277 e. The smallest absolute Gasteiger partial charge is 0.277 e. The molecule has 0 radical (unpaired) electrons. The Kier molecular flexibility index (Phi) is 7.91. The summed E-state index contributed by atoms with van der Waals surface area (Å²) >= 11 is 0. The molecule has 1 saturated carbocycles. The van der Waals surface area contributed by atoms with Crippen molar-refractivity contribution in [3.05, 3.63) is 52.7 Å². The molecule has 0 unspecified atom stereocenters. The van der Waals surface area contributed by atoms with E-state index in [0.29, 0.717) is 29.8 Å². The molecule has 1 aliphatic carbocycles. The fourth-order valence-electron chi connectivity index (χ4n) is 5.16. The summed E-state index contributed by atoms with van der Waals surface area (Å²) in [7, 11) is 6.83. The number of pyridine rings is 1. The first-order chi connectivity index (χ1) is 17.3. The first-order valence-electron chi connectivity index (χ1n) is 12.6. The molecule has 0 saturated heterocycles. The van der Waals surface area contributed by atoms with E-state index < -0.39 is 0 Å². The Morgan fingerprint density at radius 1 is 1.03 bits per heavy atom. The quantitative estimate of drug-likeness (QED) is 0.448. The van der Waals surface area contributed by atoms with Gasteiger partial charge in [-0.1, -0.05) is 19.9 Å². The van der Waals surface area contributed by atoms with Crippen LogP contribution in [0.1, 0.15) is 51.0 Å². The zero-order valence-electron chi connectivity index (χ0n) is 22.2. The summed E-state index contributed by atoms with van der Waals surface area (Å²) in [5.74, 6) is 2.87. The van der Waals surface area contributed by atoms with Crippen LogP contribution in [0.2, 0.25) is 0 Å². The molecule has 0 aliphatic heterocycles. The number of aromatic nitrogens is 3. The SMILES string of the molecule is COc1ccc([C@H]2CC[C@@H](Nc3c(OC)c(-c4cnn(C)c4)cn(CC(C)C)c3=O)CC2)cc1OC. The van der Waals surface area contributed by atoms with Crippen molar-refractivity contribution in [1.82, 2.24) is 14.3 Å². The van der Waals surface area contributed by atoms with Crippen molar-refractivity contribution in [3.63, 3.8) is 0 Å². The van der Waals surface area contributed by atoms with Gasteiger partial charge in [0, 0.05) is 43.2 Å². The minimum Gasteiger partial charge on any atom is -0.494 e. The lowest BCUT2D eigenvalue weighted by Gasteiger charge is -2.31. The third-order valence-corrected chi connectivity index (χ3v) is 6.97. The van der Waals surface area contributed by atoms with Gasteiger partial charge < -0.3 is 24.1 Å². The van der Waals surface area contributed by atoms with Crippen molar-refractivity contribution in [2.24, 2.45) is 13.0 Å². The van der Waals surface area contributed by atoms with Gasteiger partial charge in [0.2, 0.25) is 0 Å². The number of ether oxygens (including phenoxy) is 3. The van der Waals surface area contributed by atoms with Crippen molar-refractivity contribution in [2.75, 3.05) is 26.6 Å². The van der Waals surface area contributed by atoms with E-state index in [9.17, 15) is 4.79 Å². The number of benzene rings is 1. The fraction of sp³-hybridized carbons (Fsp3) is 0.500. The zero-order chi connectivity index (χ0) is 25.8. The molecular weight excluding hydrogens is 456 g/mol. The summed E-state index contributed by atoms with van der Waals surface area (Å²) in [5, 5.41) is 7.91. The molecule has 0 bridgehead atoms. The number of hydrogen-bond donors (Lipinski definition) is 1. The van der Waals surface area contributed by atoms with E-state index in [0.717, 1.165) is 48.3 Å². The highest BCUT2D eigenvalue weighted by atomic mass is 16.5. The average Bonchev–Trinajstić information content (AvgIpc) is 3.32. The molecule has 1 aliphatic rings. The van der Waals surface area contributed by atoms with Gasteiger partial charge in [0.05, 0.1) is 27.5 Å². The number of nitrogens with zero attached hydrogens (tertiary/aromatic N) is 3. The minimum absolute atomic E-state index is 0.0461. The second-order valence-corrected chi connectivity index (χ2v) is 10.0. The Balaban J connectivity index is 1.58. The predicted octanol–water partition coefficient (Wildman–Crippen LogP) is 5.07. The number of rotatable bonds is 9. The molecule has 3 aromatic rings. The van der Waals surface area contributed by atoms with Gasteiger partial charge in [0.1, 0.15) is 5.69 Å². The van der Waals surface area contributed by atoms with E-state index in [1.165, 1.54) is 5.56 Å². The predicted molar refractivity (Wildman–Crippen MR) is 142 cm³/mol.